The maximum Gasteiger partial charge on any atom is 0.257 e. The molecule has 0 radical (unpaired) electrons. The third kappa shape index (κ3) is 3.97. The van der Waals surface area contributed by atoms with Gasteiger partial charge in [-0.25, -0.2) is 23.1 Å². The molecular formula is C12H18N4O5S. The van der Waals surface area contributed by atoms with Gasteiger partial charge in [0.2, 0.25) is 10.0 Å². The molecule has 0 unspecified atom stereocenters. The molecule has 1 aromatic heterocycles. The topological polar surface area (TPSA) is 133 Å². The summed E-state index contributed by atoms with van der Waals surface area (Å²) in [6, 6.07) is 0. The standard InChI is InChI=1S/C12H18N4O5S/c1-22(20,21)15-7-12(19)2-3-16(6-10(12)17)11(18)9-4-13-8-14-5-9/h4-5,8,10,15,17,19H,2-3,6-7H2,1H3/t10-,12-/m1/s1. The number of carbonyl (C=O) groups is 1. The van der Waals surface area contributed by atoms with Gasteiger partial charge < -0.3 is 15.1 Å². The second kappa shape index (κ2) is 6.24. The molecule has 0 aliphatic carbocycles. The quantitative estimate of drug-likeness (QED) is 0.579. The molecule has 0 saturated carbocycles. The summed E-state index contributed by atoms with van der Waals surface area (Å²) in [5, 5.41) is 20.4. The van der Waals surface area contributed by atoms with Crippen molar-refractivity contribution in [2.75, 3.05) is 25.9 Å². The lowest BCUT2D eigenvalue weighted by Crippen LogP contribution is -2.61. The Kier molecular flexibility index (Phi) is 4.75. The predicted octanol–water partition coefficient (Wildman–Crippen LogP) is -2.04. The summed E-state index contributed by atoms with van der Waals surface area (Å²) >= 11 is 0. The van der Waals surface area contributed by atoms with Crippen LogP contribution in [0.3, 0.4) is 0 Å². The van der Waals surface area contributed by atoms with Gasteiger partial charge in [0.1, 0.15) is 18.0 Å². The van der Waals surface area contributed by atoms with Crippen molar-refractivity contribution in [1.29, 1.82) is 0 Å². The van der Waals surface area contributed by atoms with Crippen molar-refractivity contribution in [2.24, 2.45) is 0 Å². The molecule has 1 aromatic rings. The lowest BCUT2D eigenvalue weighted by molar-refractivity contribution is -0.107. The van der Waals surface area contributed by atoms with Crippen LogP contribution in [-0.4, -0.2) is 77.0 Å². The molecule has 1 aliphatic rings. The maximum atomic E-state index is 12.2. The number of piperidine rings is 1. The van der Waals surface area contributed by atoms with Gasteiger partial charge >= 0.3 is 0 Å². The van der Waals surface area contributed by atoms with Gasteiger partial charge in [-0.2, -0.15) is 0 Å². The van der Waals surface area contributed by atoms with Crippen molar-refractivity contribution in [1.82, 2.24) is 19.6 Å². The second-order valence-corrected chi connectivity index (χ2v) is 7.17. The zero-order valence-corrected chi connectivity index (χ0v) is 12.8. The Morgan fingerprint density at radius 3 is 2.68 bits per heavy atom. The van der Waals surface area contributed by atoms with Crippen LogP contribution in [0.25, 0.3) is 0 Å². The highest BCUT2D eigenvalue weighted by atomic mass is 32.2. The van der Waals surface area contributed by atoms with E-state index in [4.69, 9.17) is 0 Å². The summed E-state index contributed by atoms with van der Waals surface area (Å²) in [6.07, 6.45) is 3.80. The minimum absolute atomic E-state index is 0.0517. The molecule has 9 nitrogen and oxygen atoms in total. The van der Waals surface area contributed by atoms with E-state index in [1.807, 2.05) is 0 Å². The number of amides is 1. The molecule has 22 heavy (non-hydrogen) atoms. The first-order valence-electron chi connectivity index (χ1n) is 6.61. The summed E-state index contributed by atoms with van der Waals surface area (Å²) in [5.74, 6) is -0.349. The largest absolute Gasteiger partial charge is 0.388 e. The summed E-state index contributed by atoms with van der Waals surface area (Å²) < 4.78 is 24.4. The normalized spacial score (nSPS) is 26.0. The van der Waals surface area contributed by atoms with E-state index in [1.54, 1.807) is 0 Å². The second-order valence-electron chi connectivity index (χ2n) is 5.34. The Balaban J connectivity index is 2.02. The Morgan fingerprint density at radius 1 is 1.50 bits per heavy atom. The number of hydrogen-bond donors (Lipinski definition) is 3. The van der Waals surface area contributed by atoms with Gasteiger partial charge in [-0.15, -0.1) is 0 Å². The molecular weight excluding hydrogens is 312 g/mol. The van der Waals surface area contributed by atoms with E-state index < -0.39 is 21.7 Å². The van der Waals surface area contributed by atoms with E-state index in [0.717, 1.165) is 6.26 Å². The number of β-amino-alcohol motifs (C(OH)–C–C–N with tert-alkyl or cyclic N) is 1. The van der Waals surface area contributed by atoms with Gasteiger partial charge in [0.25, 0.3) is 5.91 Å². The van der Waals surface area contributed by atoms with Crippen LogP contribution >= 0.6 is 0 Å². The van der Waals surface area contributed by atoms with Crippen molar-refractivity contribution >= 4 is 15.9 Å². The highest BCUT2D eigenvalue weighted by Crippen LogP contribution is 2.23. The summed E-state index contributed by atoms with van der Waals surface area (Å²) in [7, 11) is -3.48. The highest BCUT2D eigenvalue weighted by molar-refractivity contribution is 7.88. The molecule has 2 atom stereocenters. The van der Waals surface area contributed by atoms with Crippen LogP contribution in [0.2, 0.25) is 0 Å². The first kappa shape index (κ1) is 16.7. The van der Waals surface area contributed by atoms with E-state index in [-0.39, 0.29) is 37.5 Å². The van der Waals surface area contributed by atoms with Crippen LogP contribution in [-0.2, 0) is 10.0 Å². The lowest BCUT2D eigenvalue weighted by Gasteiger charge is -2.42. The van der Waals surface area contributed by atoms with E-state index in [2.05, 4.69) is 14.7 Å². The van der Waals surface area contributed by atoms with E-state index >= 15 is 0 Å². The Morgan fingerprint density at radius 2 is 2.14 bits per heavy atom. The van der Waals surface area contributed by atoms with Crippen molar-refractivity contribution < 1.29 is 23.4 Å². The van der Waals surface area contributed by atoms with Crippen molar-refractivity contribution in [3.05, 3.63) is 24.3 Å². The number of likely N-dealkylation sites (tertiary alicyclic amines) is 1. The number of hydrogen-bond acceptors (Lipinski definition) is 7. The number of nitrogens with zero attached hydrogens (tertiary/aromatic N) is 3. The van der Waals surface area contributed by atoms with Crippen molar-refractivity contribution in [2.45, 2.75) is 18.1 Å². The minimum atomic E-state index is -3.48. The van der Waals surface area contributed by atoms with Crippen molar-refractivity contribution in [3.63, 3.8) is 0 Å². The molecule has 1 aliphatic heterocycles. The molecule has 122 valence electrons. The average Bonchev–Trinajstić information content (AvgIpc) is 2.48. The zero-order chi connectivity index (χ0) is 16.4. The molecule has 0 aromatic carbocycles. The fraction of sp³-hybridized carbons (Fsp3) is 0.583. The number of carbonyl (C=O) groups excluding carboxylic acids is 1. The summed E-state index contributed by atoms with van der Waals surface area (Å²) in [4.78, 5) is 21.1. The first-order valence-corrected chi connectivity index (χ1v) is 8.50. The number of nitrogens with one attached hydrogen (secondary N) is 1. The maximum absolute atomic E-state index is 12.2. The molecule has 0 spiro atoms. The number of rotatable bonds is 4. The van der Waals surface area contributed by atoms with E-state index in [0.29, 0.717) is 0 Å². The van der Waals surface area contributed by atoms with Crippen LogP contribution in [0.5, 0.6) is 0 Å². The van der Waals surface area contributed by atoms with Crippen LogP contribution in [0.4, 0.5) is 0 Å². The number of sulfonamides is 1. The molecule has 1 saturated heterocycles. The SMILES string of the molecule is CS(=O)(=O)NC[C@]1(O)CCN(C(=O)c2cncnc2)C[C@H]1O. The van der Waals surface area contributed by atoms with E-state index in [9.17, 15) is 23.4 Å². The number of aromatic nitrogens is 2. The molecule has 10 heteroatoms. The summed E-state index contributed by atoms with van der Waals surface area (Å²) in [5.41, 5.74) is -1.32. The zero-order valence-electron chi connectivity index (χ0n) is 12.0. The van der Waals surface area contributed by atoms with Gasteiger partial charge in [-0.05, 0) is 6.42 Å². The Hall–Kier alpha value is -1.62. The van der Waals surface area contributed by atoms with Crippen molar-refractivity contribution in [3.8, 4) is 0 Å². The van der Waals surface area contributed by atoms with Gasteiger partial charge in [0, 0.05) is 32.0 Å². The third-order valence-electron chi connectivity index (χ3n) is 3.56. The molecule has 1 amide bonds. The molecule has 3 N–H and O–H groups in total. The monoisotopic (exact) mass is 330 g/mol. The number of aliphatic hydroxyl groups excluding tert-OH is 1. The fourth-order valence-electron chi connectivity index (χ4n) is 2.20. The van der Waals surface area contributed by atoms with Gasteiger partial charge in [0.15, 0.2) is 0 Å². The molecule has 2 heterocycles. The average molecular weight is 330 g/mol. The predicted molar refractivity (Wildman–Crippen MR) is 76.4 cm³/mol. The first-order chi connectivity index (χ1) is 10.2. The van der Waals surface area contributed by atoms with Gasteiger partial charge in [0.05, 0.1) is 11.8 Å². The molecule has 1 fully saturated rings. The van der Waals surface area contributed by atoms with Crippen LogP contribution in [0.1, 0.15) is 16.8 Å². The van der Waals surface area contributed by atoms with E-state index in [1.165, 1.54) is 23.6 Å². The third-order valence-corrected chi connectivity index (χ3v) is 4.23. The Bertz CT molecular complexity index is 638. The Labute approximate surface area is 128 Å². The van der Waals surface area contributed by atoms with Crippen LogP contribution in [0.15, 0.2) is 18.7 Å². The highest BCUT2D eigenvalue weighted by Gasteiger charge is 2.42. The minimum Gasteiger partial charge on any atom is -0.388 e. The fourth-order valence-corrected chi connectivity index (χ4v) is 2.72. The lowest BCUT2D eigenvalue weighted by atomic mass is 9.88. The number of aliphatic hydroxyl groups is 2. The molecule has 0 bridgehead atoms. The van der Waals surface area contributed by atoms with Crippen LogP contribution < -0.4 is 4.72 Å². The van der Waals surface area contributed by atoms with Crippen LogP contribution in [0, 0.1) is 0 Å². The van der Waals surface area contributed by atoms with Gasteiger partial charge in [-0.3, -0.25) is 4.79 Å². The smallest absolute Gasteiger partial charge is 0.257 e. The van der Waals surface area contributed by atoms with Gasteiger partial charge in [-0.1, -0.05) is 0 Å². The summed E-state index contributed by atoms with van der Waals surface area (Å²) in [6.45, 7) is -0.216. The molecule has 2 rings (SSSR count).